The van der Waals surface area contributed by atoms with Crippen LogP contribution >= 0.6 is 0 Å². The third-order valence-electron chi connectivity index (χ3n) is 15.2. The molecule has 2 N–H and O–H groups in total. The van der Waals surface area contributed by atoms with Crippen LogP contribution in [0.4, 0.5) is 0 Å². The average Bonchev–Trinajstić information content (AvgIpc) is 3.31. The predicted molar refractivity (Wildman–Crippen MR) is 167 cm³/mol. The van der Waals surface area contributed by atoms with Gasteiger partial charge in [-0.1, -0.05) is 46.8 Å². The molecule has 0 heterocycles. The number of allylic oxidation sites excluding steroid dienone is 1. The minimum atomic E-state index is -0.950. The van der Waals surface area contributed by atoms with Crippen molar-refractivity contribution in [3.05, 3.63) is 12.2 Å². The van der Waals surface area contributed by atoms with E-state index in [1.54, 1.807) is 13.8 Å². The molecular weight excluding hydrogens is 540 g/mol. The first-order valence-corrected chi connectivity index (χ1v) is 17.1. The lowest BCUT2D eigenvalue weighted by Crippen LogP contribution is -2.67. The summed E-state index contributed by atoms with van der Waals surface area (Å²) in [5.41, 5.74) is -0.196. The van der Waals surface area contributed by atoms with Crippen LogP contribution in [0.5, 0.6) is 0 Å². The number of carboxylic acids is 2. The van der Waals surface area contributed by atoms with E-state index in [0.717, 1.165) is 64.2 Å². The number of hydrogen-bond donors (Lipinski definition) is 2. The van der Waals surface area contributed by atoms with E-state index in [-0.39, 0.29) is 52.5 Å². The molecule has 0 aromatic carbocycles. The molecule has 0 spiro atoms. The Morgan fingerprint density at radius 1 is 0.837 bits per heavy atom. The lowest BCUT2D eigenvalue weighted by Gasteiger charge is -2.72. The maximum absolute atomic E-state index is 13.0. The zero-order chi connectivity index (χ0) is 32.0. The molecule has 43 heavy (non-hydrogen) atoms. The Bertz CT molecular complexity index is 1190. The summed E-state index contributed by atoms with van der Waals surface area (Å²) >= 11 is 0. The van der Waals surface area contributed by atoms with Crippen molar-refractivity contribution in [2.45, 2.75) is 139 Å². The van der Waals surface area contributed by atoms with Crippen molar-refractivity contribution in [1.29, 1.82) is 0 Å². The van der Waals surface area contributed by atoms with Crippen molar-refractivity contribution in [1.82, 2.24) is 0 Å². The van der Waals surface area contributed by atoms with Crippen LogP contribution in [0.1, 0.15) is 132 Å². The third kappa shape index (κ3) is 4.56. The normalized spacial score (nSPS) is 45.1. The SMILES string of the molecule is C=C(C)[C@@H]1CC[C@]2(C(=O)O)CC[C@]3(C)[C@H](CC[C@@H]4[C@@]5(C)CC[C@H](OC(=O)CCC(C)(C)C(=O)O)C(C)(C)[C@@H]5CC[C@]43C)[C@@H]12. The number of fused-ring (bicyclic) bond motifs is 7. The Hall–Kier alpha value is -1.85. The summed E-state index contributed by atoms with van der Waals surface area (Å²) < 4.78 is 6.16. The average molecular weight is 599 g/mol. The van der Waals surface area contributed by atoms with Crippen LogP contribution in [-0.4, -0.2) is 34.2 Å². The smallest absolute Gasteiger partial charge is 0.309 e. The largest absolute Gasteiger partial charge is 0.481 e. The minimum Gasteiger partial charge on any atom is -0.481 e. The number of aliphatic carboxylic acids is 2. The molecule has 5 aliphatic rings. The Labute approximate surface area is 259 Å². The number of esters is 1. The van der Waals surface area contributed by atoms with Gasteiger partial charge in [0.25, 0.3) is 0 Å². The lowest BCUT2D eigenvalue weighted by atomic mass is 9.32. The number of carbonyl (C=O) groups excluding carboxylic acids is 1. The molecule has 0 aliphatic heterocycles. The summed E-state index contributed by atoms with van der Waals surface area (Å²) in [6.07, 6.45) is 10.1. The van der Waals surface area contributed by atoms with Gasteiger partial charge in [0.2, 0.25) is 0 Å². The van der Waals surface area contributed by atoms with Gasteiger partial charge in [-0.15, -0.1) is 0 Å². The fourth-order valence-electron chi connectivity index (χ4n) is 12.4. The molecule has 0 saturated heterocycles. The van der Waals surface area contributed by atoms with Gasteiger partial charge in [0.1, 0.15) is 6.10 Å². The highest BCUT2D eigenvalue weighted by Crippen LogP contribution is 2.77. The maximum atomic E-state index is 13.0. The van der Waals surface area contributed by atoms with Gasteiger partial charge in [0, 0.05) is 11.8 Å². The Morgan fingerprint density at radius 3 is 2.12 bits per heavy atom. The molecule has 242 valence electrons. The second-order valence-electron chi connectivity index (χ2n) is 17.7. The van der Waals surface area contributed by atoms with Gasteiger partial charge in [-0.3, -0.25) is 14.4 Å². The second-order valence-corrected chi connectivity index (χ2v) is 17.7. The number of carboxylic acid groups (broad SMARTS) is 2. The third-order valence-corrected chi connectivity index (χ3v) is 15.2. The number of rotatable bonds is 7. The molecular formula is C37H58O6. The van der Waals surface area contributed by atoms with Crippen molar-refractivity contribution in [3.8, 4) is 0 Å². The number of hydrogen-bond acceptors (Lipinski definition) is 4. The van der Waals surface area contributed by atoms with Crippen molar-refractivity contribution >= 4 is 17.9 Å². The molecule has 0 unspecified atom stereocenters. The molecule has 0 radical (unpaired) electrons. The van der Waals surface area contributed by atoms with Crippen molar-refractivity contribution < 1.29 is 29.3 Å². The molecule has 0 bridgehead atoms. The summed E-state index contributed by atoms with van der Waals surface area (Å²) in [5, 5.41) is 20.1. The summed E-state index contributed by atoms with van der Waals surface area (Å²) in [6, 6.07) is 0. The number of ether oxygens (including phenoxy) is 1. The van der Waals surface area contributed by atoms with E-state index >= 15 is 0 Å². The van der Waals surface area contributed by atoms with Gasteiger partial charge < -0.3 is 14.9 Å². The molecule has 5 aliphatic carbocycles. The molecule has 10 atom stereocenters. The molecule has 0 amide bonds. The Balaban J connectivity index is 1.39. The Kier molecular flexibility index (Phi) is 7.82. The van der Waals surface area contributed by atoms with E-state index < -0.39 is 22.8 Å². The predicted octanol–water partition coefficient (Wildman–Crippen LogP) is 8.53. The second kappa shape index (κ2) is 10.3. The summed E-state index contributed by atoms with van der Waals surface area (Å²) in [5.74, 6) is 0.122. The first-order valence-electron chi connectivity index (χ1n) is 17.1. The lowest BCUT2D eigenvalue weighted by molar-refractivity contribution is -0.250. The van der Waals surface area contributed by atoms with Crippen molar-refractivity contribution in [2.24, 2.45) is 62.1 Å². The van der Waals surface area contributed by atoms with Crippen molar-refractivity contribution in [2.75, 3.05) is 0 Å². The van der Waals surface area contributed by atoms with Gasteiger partial charge in [-0.2, -0.15) is 0 Å². The Morgan fingerprint density at radius 2 is 1.51 bits per heavy atom. The van der Waals surface area contributed by atoms with Crippen LogP contribution in [0.25, 0.3) is 0 Å². The molecule has 5 saturated carbocycles. The van der Waals surface area contributed by atoms with E-state index in [2.05, 4.69) is 48.1 Å². The molecule has 5 fully saturated rings. The van der Waals surface area contributed by atoms with Crippen LogP contribution in [0.2, 0.25) is 0 Å². The summed E-state index contributed by atoms with van der Waals surface area (Å²) in [4.78, 5) is 37.4. The zero-order valence-electron chi connectivity index (χ0n) is 28.2. The molecule has 0 aromatic heterocycles. The van der Waals surface area contributed by atoms with Crippen LogP contribution in [0.15, 0.2) is 12.2 Å². The van der Waals surface area contributed by atoms with Crippen molar-refractivity contribution in [3.63, 3.8) is 0 Å². The van der Waals surface area contributed by atoms with E-state index in [9.17, 15) is 24.6 Å². The van der Waals surface area contributed by atoms with Crippen LogP contribution in [0, 0.1) is 62.1 Å². The highest BCUT2D eigenvalue weighted by Gasteiger charge is 2.72. The van der Waals surface area contributed by atoms with Crippen LogP contribution < -0.4 is 0 Å². The monoisotopic (exact) mass is 598 g/mol. The fourth-order valence-corrected chi connectivity index (χ4v) is 12.4. The van der Waals surface area contributed by atoms with Gasteiger partial charge in [0.15, 0.2) is 0 Å². The van der Waals surface area contributed by atoms with Gasteiger partial charge in [-0.25, -0.2) is 0 Å². The maximum Gasteiger partial charge on any atom is 0.309 e. The highest BCUT2D eigenvalue weighted by molar-refractivity contribution is 5.76. The van der Waals surface area contributed by atoms with Gasteiger partial charge >= 0.3 is 17.9 Å². The zero-order valence-corrected chi connectivity index (χ0v) is 28.2. The van der Waals surface area contributed by atoms with Gasteiger partial charge in [0.05, 0.1) is 10.8 Å². The fraction of sp³-hybridized carbons (Fsp3) is 0.865. The molecule has 6 heteroatoms. The molecule has 6 nitrogen and oxygen atoms in total. The topological polar surface area (TPSA) is 101 Å². The first kappa shape index (κ1) is 32.5. The summed E-state index contributed by atoms with van der Waals surface area (Å²) in [7, 11) is 0. The standard InChI is InChI=1S/C37H58O6/c1-22(2)23-12-19-37(31(41)42)21-20-35(8)24(29(23)37)10-11-26-34(7)17-14-27(33(5,6)25(34)13-18-36(26,35)9)43-28(38)15-16-32(3,4)30(39)40/h23-27,29H,1,10-21H2,2-9H3,(H,39,40)(H,41,42)/t23-,24+,25-,26+,27-,29+,34-,35+,36+,37-/m0/s1. The first-order chi connectivity index (χ1) is 19.8. The van der Waals surface area contributed by atoms with E-state index in [1.807, 2.05) is 0 Å². The van der Waals surface area contributed by atoms with Crippen LogP contribution in [-0.2, 0) is 19.1 Å². The number of carbonyl (C=O) groups is 3. The highest BCUT2D eigenvalue weighted by atomic mass is 16.5. The van der Waals surface area contributed by atoms with E-state index in [0.29, 0.717) is 23.7 Å². The van der Waals surface area contributed by atoms with Gasteiger partial charge in [-0.05, 0) is 137 Å². The van der Waals surface area contributed by atoms with E-state index in [4.69, 9.17) is 4.74 Å². The molecule has 5 rings (SSSR count). The molecule has 0 aromatic rings. The van der Waals surface area contributed by atoms with E-state index in [1.165, 1.54) is 5.57 Å². The van der Waals surface area contributed by atoms with Crippen LogP contribution in [0.3, 0.4) is 0 Å². The quantitative estimate of drug-likeness (QED) is 0.225. The summed E-state index contributed by atoms with van der Waals surface area (Å²) in [6.45, 7) is 22.0. The minimum absolute atomic E-state index is 0.0932.